The Bertz CT molecular complexity index is 509. The van der Waals surface area contributed by atoms with Gasteiger partial charge >= 0.3 is 6.09 Å². The maximum Gasteiger partial charge on any atom is 0.412 e. The minimum absolute atomic E-state index is 0.439. The van der Waals surface area contributed by atoms with Crippen LogP contribution in [-0.2, 0) is 6.54 Å². The van der Waals surface area contributed by atoms with Crippen molar-refractivity contribution in [3.8, 4) is 5.75 Å². The summed E-state index contributed by atoms with van der Waals surface area (Å²) in [6, 6.07) is 16.3. The molecule has 3 N–H and O–H groups in total. The fraction of sp³-hybridized carbons (Fsp3) is 0.0714. The van der Waals surface area contributed by atoms with Crippen LogP contribution in [0.3, 0.4) is 0 Å². The Morgan fingerprint density at radius 3 is 2.39 bits per heavy atom. The Balaban J connectivity index is 1.84. The second kappa shape index (κ2) is 5.72. The van der Waals surface area contributed by atoms with E-state index in [1.165, 1.54) is 0 Å². The number of nitrogens with one attached hydrogen (secondary N) is 1. The second-order valence-corrected chi connectivity index (χ2v) is 3.80. The van der Waals surface area contributed by atoms with Crippen molar-refractivity contribution in [2.24, 2.45) is 0 Å². The number of anilines is 1. The van der Waals surface area contributed by atoms with E-state index in [4.69, 9.17) is 10.5 Å². The molecular weight excluding hydrogens is 228 g/mol. The lowest BCUT2D eigenvalue weighted by molar-refractivity contribution is 0.200. The highest BCUT2D eigenvalue weighted by Gasteiger charge is 2.03. The van der Waals surface area contributed by atoms with Gasteiger partial charge in [0.05, 0.1) is 0 Å². The Kier molecular flexibility index (Phi) is 3.81. The molecule has 2 rings (SSSR count). The zero-order chi connectivity index (χ0) is 12.8. The third kappa shape index (κ3) is 3.52. The summed E-state index contributed by atoms with van der Waals surface area (Å²) in [7, 11) is 0. The lowest BCUT2D eigenvalue weighted by atomic mass is 10.2. The quantitative estimate of drug-likeness (QED) is 0.813. The zero-order valence-electron chi connectivity index (χ0n) is 9.80. The first-order chi connectivity index (χ1) is 8.74. The average Bonchev–Trinajstić information content (AvgIpc) is 2.40. The van der Waals surface area contributed by atoms with Gasteiger partial charge in [0.25, 0.3) is 0 Å². The standard InChI is InChI=1S/C14H14N2O2/c15-12-6-8-13(9-7-12)18-14(17)16-10-11-4-2-1-3-5-11/h1-9H,10,15H2,(H,16,17). The lowest BCUT2D eigenvalue weighted by Crippen LogP contribution is -2.26. The number of hydrogen-bond acceptors (Lipinski definition) is 3. The predicted octanol–water partition coefficient (Wildman–Crippen LogP) is 2.56. The summed E-state index contributed by atoms with van der Waals surface area (Å²) < 4.78 is 5.09. The molecule has 1 amide bonds. The van der Waals surface area contributed by atoms with Gasteiger partial charge in [-0.15, -0.1) is 0 Å². The normalized spacial score (nSPS) is 9.78. The third-order valence-corrected chi connectivity index (χ3v) is 2.37. The number of benzene rings is 2. The van der Waals surface area contributed by atoms with Gasteiger partial charge < -0.3 is 15.8 Å². The van der Waals surface area contributed by atoms with Crippen molar-refractivity contribution in [2.45, 2.75) is 6.54 Å². The van der Waals surface area contributed by atoms with Crippen LogP contribution >= 0.6 is 0 Å². The monoisotopic (exact) mass is 242 g/mol. The summed E-state index contributed by atoms with van der Waals surface area (Å²) in [4.78, 5) is 11.5. The van der Waals surface area contributed by atoms with Gasteiger partial charge in [0.1, 0.15) is 5.75 Å². The van der Waals surface area contributed by atoms with Gasteiger partial charge in [0, 0.05) is 12.2 Å². The Hall–Kier alpha value is -2.49. The molecule has 0 atom stereocenters. The van der Waals surface area contributed by atoms with E-state index in [1.807, 2.05) is 30.3 Å². The summed E-state index contributed by atoms with van der Waals surface area (Å²) >= 11 is 0. The van der Waals surface area contributed by atoms with Gasteiger partial charge in [-0.3, -0.25) is 0 Å². The first-order valence-electron chi connectivity index (χ1n) is 5.59. The molecule has 0 aliphatic rings. The minimum atomic E-state index is -0.483. The number of nitrogen functional groups attached to an aromatic ring is 1. The number of nitrogens with two attached hydrogens (primary N) is 1. The zero-order valence-corrected chi connectivity index (χ0v) is 9.80. The van der Waals surface area contributed by atoms with E-state index in [0.29, 0.717) is 18.0 Å². The fourth-order valence-corrected chi connectivity index (χ4v) is 1.45. The maximum atomic E-state index is 11.5. The molecule has 0 heterocycles. The van der Waals surface area contributed by atoms with E-state index < -0.39 is 6.09 Å². The molecule has 0 aromatic heterocycles. The van der Waals surface area contributed by atoms with Crippen LogP contribution in [0.25, 0.3) is 0 Å². The summed E-state index contributed by atoms with van der Waals surface area (Å²) in [5, 5.41) is 2.67. The summed E-state index contributed by atoms with van der Waals surface area (Å²) in [5.41, 5.74) is 7.19. The van der Waals surface area contributed by atoms with E-state index >= 15 is 0 Å². The predicted molar refractivity (Wildman–Crippen MR) is 70.2 cm³/mol. The van der Waals surface area contributed by atoms with Crippen LogP contribution in [0.4, 0.5) is 10.5 Å². The van der Waals surface area contributed by atoms with Crippen LogP contribution in [0.5, 0.6) is 5.75 Å². The second-order valence-electron chi connectivity index (χ2n) is 3.80. The molecule has 0 spiro atoms. The molecule has 4 heteroatoms. The highest BCUT2D eigenvalue weighted by Crippen LogP contribution is 2.13. The van der Waals surface area contributed by atoms with E-state index in [2.05, 4.69) is 5.32 Å². The Morgan fingerprint density at radius 2 is 1.72 bits per heavy atom. The number of ether oxygens (including phenoxy) is 1. The van der Waals surface area contributed by atoms with Gasteiger partial charge in [-0.05, 0) is 29.8 Å². The van der Waals surface area contributed by atoms with E-state index in [1.54, 1.807) is 24.3 Å². The van der Waals surface area contributed by atoms with Crippen LogP contribution in [-0.4, -0.2) is 6.09 Å². The highest BCUT2D eigenvalue weighted by atomic mass is 16.5. The molecule has 0 aliphatic heterocycles. The van der Waals surface area contributed by atoms with Crippen molar-refractivity contribution in [1.29, 1.82) is 0 Å². The van der Waals surface area contributed by atoms with Crippen LogP contribution in [0, 0.1) is 0 Å². The van der Waals surface area contributed by atoms with E-state index in [0.717, 1.165) is 5.56 Å². The smallest absolute Gasteiger partial charge is 0.410 e. The van der Waals surface area contributed by atoms with Gasteiger partial charge in [-0.25, -0.2) is 4.79 Å². The number of carbonyl (C=O) groups is 1. The minimum Gasteiger partial charge on any atom is -0.410 e. The molecule has 0 bridgehead atoms. The van der Waals surface area contributed by atoms with Gasteiger partial charge in [0.2, 0.25) is 0 Å². The van der Waals surface area contributed by atoms with Gasteiger partial charge in [-0.2, -0.15) is 0 Å². The van der Waals surface area contributed by atoms with Crippen LogP contribution in [0.2, 0.25) is 0 Å². The first-order valence-corrected chi connectivity index (χ1v) is 5.59. The first kappa shape index (κ1) is 12.0. The van der Waals surface area contributed by atoms with Crippen LogP contribution < -0.4 is 15.8 Å². The van der Waals surface area contributed by atoms with E-state index in [9.17, 15) is 4.79 Å². The largest absolute Gasteiger partial charge is 0.412 e. The number of amides is 1. The molecule has 0 fully saturated rings. The number of hydrogen-bond donors (Lipinski definition) is 2. The fourth-order valence-electron chi connectivity index (χ4n) is 1.45. The molecule has 0 saturated heterocycles. The SMILES string of the molecule is Nc1ccc(OC(=O)NCc2ccccc2)cc1. The van der Waals surface area contributed by atoms with E-state index in [-0.39, 0.29) is 0 Å². The molecule has 2 aromatic rings. The van der Waals surface area contributed by atoms with Crippen molar-refractivity contribution < 1.29 is 9.53 Å². The van der Waals surface area contributed by atoms with Gasteiger partial charge in [0.15, 0.2) is 0 Å². The molecule has 4 nitrogen and oxygen atoms in total. The summed E-state index contributed by atoms with van der Waals surface area (Å²) in [6.45, 7) is 0.439. The maximum absolute atomic E-state index is 11.5. The van der Waals surface area contributed by atoms with Crippen molar-refractivity contribution >= 4 is 11.8 Å². The Labute approximate surface area is 105 Å². The Morgan fingerprint density at radius 1 is 1.06 bits per heavy atom. The molecule has 0 aliphatic carbocycles. The molecule has 18 heavy (non-hydrogen) atoms. The van der Waals surface area contributed by atoms with Crippen molar-refractivity contribution in [3.05, 3.63) is 60.2 Å². The number of carbonyl (C=O) groups excluding carboxylic acids is 1. The molecule has 0 unspecified atom stereocenters. The van der Waals surface area contributed by atoms with Crippen molar-refractivity contribution in [2.75, 3.05) is 5.73 Å². The molecule has 0 saturated carbocycles. The van der Waals surface area contributed by atoms with Gasteiger partial charge in [-0.1, -0.05) is 30.3 Å². The topological polar surface area (TPSA) is 64.3 Å². The average molecular weight is 242 g/mol. The summed E-state index contributed by atoms with van der Waals surface area (Å²) in [5.74, 6) is 0.467. The molecular formula is C14H14N2O2. The molecule has 92 valence electrons. The van der Waals surface area contributed by atoms with Crippen molar-refractivity contribution in [3.63, 3.8) is 0 Å². The third-order valence-electron chi connectivity index (χ3n) is 2.37. The van der Waals surface area contributed by atoms with Crippen molar-refractivity contribution in [1.82, 2.24) is 5.32 Å². The number of rotatable bonds is 3. The van der Waals surface area contributed by atoms with Crippen LogP contribution in [0.1, 0.15) is 5.56 Å². The molecule has 2 aromatic carbocycles. The lowest BCUT2D eigenvalue weighted by Gasteiger charge is -2.06. The summed E-state index contributed by atoms with van der Waals surface area (Å²) in [6.07, 6.45) is -0.483. The van der Waals surface area contributed by atoms with Crippen LogP contribution in [0.15, 0.2) is 54.6 Å². The molecule has 0 radical (unpaired) electrons. The highest BCUT2D eigenvalue weighted by molar-refractivity contribution is 5.70.